The first kappa shape index (κ1) is 14.2. The number of aromatic nitrogens is 2. The first-order valence-corrected chi connectivity index (χ1v) is 7.38. The van der Waals surface area contributed by atoms with Crippen molar-refractivity contribution in [2.24, 2.45) is 5.92 Å². The number of hydrogen-bond acceptors (Lipinski definition) is 4. The second-order valence-electron chi connectivity index (χ2n) is 6.17. The summed E-state index contributed by atoms with van der Waals surface area (Å²) in [5.41, 5.74) is 1.72. The highest BCUT2D eigenvalue weighted by molar-refractivity contribution is 5.80. The summed E-state index contributed by atoms with van der Waals surface area (Å²) in [6.07, 6.45) is 1.64. The lowest BCUT2D eigenvalue weighted by Gasteiger charge is -2.34. The first-order valence-electron chi connectivity index (χ1n) is 7.38. The van der Waals surface area contributed by atoms with Crippen molar-refractivity contribution in [3.8, 4) is 0 Å². The lowest BCUT2D eigenvalue weighted by atomic mass is 9.82. The number of aromatic amines is 1. The van der Waals surface area contributed by atoms with Crippen LogP contribution in [0.1, 0.15) is 24.2 Å². The number of para-hydroxylation sites is 1. The van der Waals surface area contributed by atoms with E-state index < -0.39 is 0 Å². The molecule has 0 atom stereocenters. The third kappa shape index (κ3) is 2.99. The fraction of sp³-hybridized carbons (Fsp3) is 0.500. The van der Waals surface area contributed by atoms with Crippen LogP contribution in [0.25, 0.3) is 10.9 Å². The van der Waals surface area contributed by atoms with Crippen LogP contribution in [-0.4, -0.2) is 39.7 Å². The van der Waals surface area contributed by atoms with E-state index in [-0.39, 0.29) is 11.7 Å². The van der Waals surface area contributed by atoms with Crippen molar-refractivity contribution in [2.45, 2.75) is 32.4 Å². The summed E-state index contributed by atoms with van der Waals surface area (Å²) < 4.78 is 0. The van der Waals surface area contributed by atoms with Crippen LogP contribution in [0.4, 0.5) is 0 Å². The Bertz CT molecular complexity index is 704. The molecule has 0 aliphatic heterocycles. The minimum Gasteiger partial charge on any atom is -0.393 e. The Kier molecular flexibility index (Phi) is 3.78. The Balaban J connectivity index is 1.78. The summed E-state index contributed by atoms with van der Waals surface area (Å²) in [6, 6.07) is 5.65. The molecule has 0 amide bonds. The third-order valence-corrected chi connectivity index (χ3v) is 4.19. The second kappa shape index (κ2) is 5.58. The maximum absolute atomic E-state index is 12.1. The summed E-state index contributed by atoms with van der Waals surface area (Å²) in [5.74, 6) is 1.25. The molecular weight excluding hydrogens is 266 g/mol. The summed E-state index contributed by atoms with van der Waals surface area (Å²) in [5, 5.41) is 9.97. The van der Waals surface area contributed by atoms with Crippen molar-refractivity contribution in [3.63, 3.8) is 0 Å². The minimum absolute atomic E-state index is 0.0776. The molecule has 0 saturated heterocycles. The van der Waals surface area contributed by atoms with Gasteiger partial charge in [-0.2, -0.15) is 0 Å². The topological polar surface area (TPSA) is 69.2 Å². The molecule has 1 aliphatic carbocycles. The maximum Gasteiger partial charge on any atom is 0.258 e. The van der Waals surface area contributed by atoms with Crippen molar-refractivity contribution in [1.82, 2.24) is 14.9 Å². The predicted molar refractivity (Wildman–Crippen MR) is 82.2 cm³/mol. The average Bonchev–Trinajstić information content (AvgIpc) is 2.38. The van der Waals surface area contributed by atoms with Gasteiger partial charge in [-0.3, -0.25) is 9.69 Å². The number of aliphatic hydroxyl groups excluding tert-OH is 1. The van der Waals surface area contributed by atoms with Crippen molar-refractivity contribution in [2.75, 3.05) is 13.6 Å². The molecule has 0 spiro atoms. The fourth-order valence-electron chi connectivity index (χ4n) is 3.04. The van der Waals surface area contributed by atoms with Gasteiger partial charge in [0.05, 0.1) is 23.6 Å². The monoisotopic (exact) mass is 287 g/mol. The van der Waals surface area contributed by atoms with Crippen LogP contribution in [-0.2, 0) is 6.54 Å². The Labute approximate surface area is 123 Å². The molecular formula is C16H21N3O2. The Morgan fingerprint density at radius 1 is 1.43 bits per heavy atom. The van der Waals surface area contributed by atoms with Gasteiger partial charge in [0.25, 0.3) is 5.56 Å². The number of nitrogens with zero attached hydrogens (tertiary/aromatic N) is 2. The second-order valence-corrected chi connectivity index (χ2v) is 6.17. The van der Waals surface area contributed by atoms with E-state index in [1.54, 1.807) is 6.07 Å². The van der Waals surface area contributed by atoms with Crippen molar-refractivity contribution >= 4 is 10.9 Å². The van der Waals surface area contributed by atoms with Gasteiger partial charge in [-0.15, -0.1) is 0 Å². The number of H-pyrrole nitrogens is 1. The van der Waals surface area contributed by atoms with Gasteiger partial charge < -0.3 is 10.1 Å². The van der Waals surface area contributed by atoms with E-state index in [1.165, 1.54) is 0 Å². The molecule has 5 nitrogen and oxygen atoms in total. The van der Waals surface area contributed by atoms with E-state index in [0.29, 0.717) is 23.7 Å². The highest BCUT2D eigenvalue weighted by Crippen LogP contribution is 2.27. The Morgan fingerprint density at radius 2 is 2.19 bits per heavy atom. The summed E-state index contributed by atoms with van der Waals surface area (Å²) in [7, 11) is 2.02. The van der Waals surface area contributed by atoms with Gasteiger partial charge in [0, 0.05) is 6.54 Å². The number of rotatable bonds is 4. The zero-order chi connectivity index (χ0) is 15.0. The Morgan fingerprint density at radius 3 is 2.90 bits per heavy atom. The number of nitrogens with one attached hydrogen (secondary N) is 1. The van der Waals surface area contributed by atoms with Crippen LogP contribution >= 0.6 is 0 Å². The molecule has 1 heterocycles. The van der Waals surface area contributed by atoms with Crippen LogP contribution in [0.15, 0.2) is 23.0 Å². The van der Waals surface area contributed by atoms with Gasteiger partial charge in [0.15, 0.2) is 0 Å². The molecule has 0 bridgehead atoms. The molecule has 3 rings (SSSR count). The van der Waals surface area contributed by atoms with Crippen LogP contribution in [0.5, 0.6) is 0 Å². The van der Waals surface area contributed by atoms with E-state index in [1.807, 2.05) is 26.1 Å². The first-order chi connectivity index (χ1) is 10.0. The molecule has 112 valence electrons. The van der Waals surface area contributed by atoms with Gasteiger partial charge in [-0.25, -0.2) is 4.98 Å². The van der Waals surface area contributed by atoms with Crippen molar-refractivity contribution in [1.29, 1.82) is 0 Å². The summed E-state index contributed by atoms with van der Waals surface area (Å²) >= 11 is 0. The summed E-state index contributed by atoms with van der Waals surface area (Å²) in [6.45, 7) is 3.51. The highest BCUT2D eigenvalue weighted by atomic mass is 16.3. The third-order valence-electron chi connectivity index (χ3n) is 4.19. The minimum atomic E-state index is -0.121. The predicted octanol–water partition coefficient (Wildman–Crippen LogP) is 1.43. The van der Waals surface area contributed by atoms with E-state index in [2.05, 4.69) is 14.9 Å². The normalized spacial score (nSPS) is 21.7. The van der Waals surface area contributed by atoms with E-state index >= 15 is 0 Å². The Hall–Kier alpha value is -1.72. The number of aliphatic hydroxyl groups is 1. The van der Waals surface area contributed by atoms with Crippen LogP contribution in [0, 0.1) is 12.8 Å². The standard InChI is InChI=1S/C16H21N3O2/c1-10-4-3-5-13-15(10)17-14(18-16(13)21)9-19(2)8-11-6-12(20)7-11/h3-5,11-12,20H,6-9H2,1-2H3,(H,17,18,21). The van der Waals surface area contributed by atoms with Gasteiger partial charge in [-0.1, -0.05) is 12.1 Å². The largest absolute Gasteiger partial charge is 0.393 e. The highest BCUT2D eigenvalue weighted by Gasteiger charge is 2.27. The van der Waals surface area contributed by atoms with E-state index in [0.717, 1.165) is 30.5 Å². The van der Waals surface area contributed by atoms with Crippen LogP contribution in [0.3, 0.4) is 0 Å². The van der Waals surface area contributed by atoms with Gasteiger partial charge in [0.2, 0.25) is 0 Å². The van der Waals surface area contributed by atoms with E-state index in [9.17, 15) is 9.90 Å². The van der Waals surface area contributed by atoms with E-state index in [4.69, 9.17) is 0 Å². The zero-order valence-corrected chi connectivity index (χ0v) is 12.5. The maximum atomic E-state index is 12.1. The van der Waals surface area contributed by atoms with Crippen molar-refractivity contribution < 1.29 is 5.11 Å². The number of aryl methyl sites for hydroxylation is 1. The molecule has 2 aromatic rings. The smallest absolute Gasteiger partial charge is 0.258 e. The van der Waals surface area contributed by atoms with Gasteiger partial charge in [-0.05, 0) is 44.4 Å². The quantitative estimate of drug-likeness (QED) is 0.892. The van der Waals surface area contributed by atoms with Crippen molar-refractivity contribution in [3.05, 3.63) is 39.9 Å². The summed E-state index contributed by atoms with van der Waals surface area (Å²) in [4.78, 5) is 21.7. The molecule has 5 heteroatoms. The van der Waals surface area contributed by atoms with Gasteiger partial charge in [0.1, 0.15) is 5.82 Å². The molecule has 1 aliphatic rings. The number of fused-ring (bicyclic) bond motifs is 1. The van der Waals surface area contributed by atoms with Crippen LogP contribution < -0.4 is 5.56 Å². The lowest BCUT2D eigenvalue weighted by molar-refractivity contribution is 0.0271. The SMILES string of the molecule is Cc1cccc2c(=O)[nH]c(CN(C)CC3CC(O)C3)nc12. The molecule has 0 unspecified atom stereocenters. The average molecular weight is 287 g/mol. The zero-order valence-electron chi connectivity index (χ0n) is 12.5. The molecule has 1 fully saturated rings. The number of benzene rings is 1. The molecule has 1 saturated carbocycles. The fourth-order valence-corrected chi connectivity index (χ4v) is 3.04. The van der Waals surface area contributed by atoms with Gasteiger partial charge >= 0.3 is 0 Å². The number of hydrogen-bond donors (Lipinski definition) is 2. The molecule has 1 aromatic carbocycles. The molecule has 1 aromatic heterocycles. The molecule has 2 N–H and O–H groups in total. The van der Waals surface area contributed by atoms with Crippen LogP contribution in [0.2, 0.25) is 0 Å². The molecule has 0 radical (unpaired) electrons. The lowest BCUT2D eigenvalue weighted by Crippen LogP contribution is -2.37. The molecule has 21 heavy (non-hydrogen) atoms.